The summed E-state index contributed by atoms with van der Waals surface area (Å²) in [6, 6.07) is 6.95. The number of hydrogen-bond acceptors (Lipinski definition) is 3. The van der Waals surface area contributed by atoms with E-state index < -0.39 is 6.04 Å². The molecular weight excluding hydrogens is 228 g/mol. The topological polar surface area (TPSA) is 58.2 Å². The fourth-order valence-electron chi connectivity index (χ4n) is 1.59. The lowest BCUT2D eigenvalue weighted by Gasteiger charge is -2.09. The lowest BCUT2D eigenvalue weighted by Crippen LogP contribution is -2.35. The van der Waals surface area contributed by atoms with Crippen molar-refractivity contribution in [3.63, 3.8) is 0 Å². The maximum absolute atomic E-state index is 11.3. The Kier molecular flexibility index (Phi) is 3.22. The number of carbonyl (C=O) groups is 2. The first-order chi connectivity index (χ1) is 7.66. The Morgan fingerprint density at radius 3 is 2.75 bits per heavy atom. The van der Waals surface area contributed by atoms with Crippen LogP contribution in [0.3, 0.4) is 0 Å². The van der Waals surface area contributed by atoms with Crippen LogP contribution in [0.2, 0.25) is 5.02 Å². The van der Waals surface area contributed by atoms with Crippen molar-refractivity contribution >= 4 is 23.4 Å². The molecule has 0 spiro atoms. The van der Waals surface area contributed by atoms with Crippen molar-refractivity contribution in [1.29, 1.82) is 0 Å². The average molecular weight is 239 g/mol. The van der Waals surface area contributed by atoms with E-state index in [9.17, 15) is 9.59 Å². The molecule has 1 atom stereocenters. The van der Waals surface area contributed by atoms with Crippen LogP contribution in [0.4, 0.5) is 0 Å². The fraction of sp³-hybridized carbons (Fsp3) is 0.273. The third kappa shape index (κ3) is 2.40. The molecule has 1 fully saturated rings. The minimum absolute atomic E-state index is 0.198. The highest BCUT2D eigenvalue weighted by molar-refractivity contribution is 6.31. The number of nitrogens with one attached hydrogen (secondary N) is 2. The SMILES string of the molecule is O=C1CC(NCc2ccccc2Cl)C(=O)N1. The lowest BCUT2D eigenvalue weighted by molar-refractivity contribution is -0.125. The number of imide groups is 1. The minimum atomic E-state index is -0.441. The number of benzene rings is 1. The minimum Gasteiger partial charge on any atom is -0.301 e. The summed E-state index contributed by atoms with van der Waals surface area (Å²) in [7, 11) is 0. The van der Waals surface area contributed by atoms with Gasteiger partial charge in [-0.2, -0.15) is 0 Å². The van der Waals surface area contributed by atoms with Gasteiger partial charge in [-0.3, -0.25) is 14.9 Å². The molecular formula is C11H11ClN2O2. The molecule has 1 unspecified atom stereocenters. The van der Waals surface area contributed by atoms with E-state index in [0.717, 1.165) is 5.56 Å². The molecule has 2 N–H and O–H groups in total. The van der Waals surface area contributed by atoms with E-state index in [-0.39, 0.29) is 18.2 Å². The molecule has 0 aliphatic carbocycles. The number of amides is 2. The number of hydrogen-bond donors (Lipinski definition) is 2. The largest absolute Gasteiger partial charge is 0.301 e. The van der Waals surface area contributed by atoms with E-state index in [0.29, 0.717) is 11.6 Å². The van der Waals surface area contributed by atoms with E-state index in [4.69, 9.17) is 11.6 Å². The summed E-state index contributed by atoms with van der Waals surface area (Å²) in [6.45, 7) is 0.477. The van der Waals surface area contributed by atoms with Crippen molar-refractivity contribution in [1.82, 2.24) is 10.6 Å². The highest BCUT2D eigenvalue weighted by Crippen LogP contribution is 2.15. The Morgan fingerprint density at radius 1 is 1.38 bits per heavy atom. The second kappa shape index (κ2) is 4.63. The maximum Gasteiger partial charge on any atom is 0.244 e. The first-order valence-electron chi connectivity index (χ1n) is 4.97. The molecule has 0 radical (unpaired) electrons. The third-order valence-electron chi connectivity index (χ3n) is 2.47. The molecule has 1 aromatic rings. The van der Waals surface area contributed by atoms with Gasteiger partial charge in [0, 0.05) is 11.6 Å². The van der Waals surface area contributed by atoms with Crippen LogP contribution in [0.5, 0.6) is 0 Å². The van der Waals surface area contributed by atoms with Gasteiger partial charge in [0.15, 0.2) is 0 Å². The van der Waals surface area contributed by atoms with Gasteiger partial charge in [0.2, 0.25) is 11.8 Å². The molecule has 1 aliphatic heterocycles. The fourth-order valence-corrected chi connectivity index (χ4v) is 1.80. The Bertz CT molecular complexity index is 434. The van der Waals surface area contributed by atoms with E-state index in [1.165, 1.54) is 0 Å². The van der Waals surface area contributed by atoms with Crippen LogP contribution in [0.15, 0.2) is 24.3 Å². The van der Waals surface area contributed by atoms with Gasteiger partial charge in [0.25, 0.3) is 0 Å². The van der Waals surface area contributed by atoms with Gasteiger partial charge in [-0.05, 0) is 11.6 Å². The molecule has 0 bridgehead atoms. The Hall–Kier alpha value is -1.39. The summed E-state index contributed by atoms with van der Waals surface area (Å²) in [4.78, 5) is 22.2. The standard InChI is InChI=1S/C11H11ClN2O2/c12-8-4-2-1-3-7(8)6-13-9-5-10(15)14-11(9)16/h1-4,9,13H,5-6H2,(H,14,15,16). The first-order valence-corrected chi connectivity index (χ1v) is 5.35. The van der Waals surface area contributed by atoms with Crippen LogP contribution in [0.25, 0.3) is 0 Å². The van der Waals surface area contributed by atoms with Gasteiger partial charge in [0.1, 0.15) is 0 Å². The van der Waals surface area contributed by atoms with Crippen LogP contribution in [-0.2, 0) is 16.1 Å². The zero-order valence-corrected chi connectivity index (χ0v) is 9.25. The summed E-state index contributed by atoms with van der Waals surface area (Å²) >= 11 is 5.97. The van der Waals surface area contributed by atoms with Crippen molar-refractivity contribution in [2.75, 3.05) is 0 Å². The normalized spacial score (nSPS) is 19.9. The predicted molar refractivity (Wildman–Crippen MR) is 59.8 cm³/mol. The zero-order valence-electron chi connectivity index (χ0n) is 8.50. The molecule has 1 heterocycles. The van der Waals surface area contributed by atoms with Crippen molar-refractivity contribution in [2.24, 2.45) is 0 Å². The molecule has 2 amide bonds. The van der Waals surface area contributed by atoms with Gasteiger partial charge in [-0.25, -0.2) is 0 Å². The molecule has 0 saturated carbocycles. The number of carbonyl (C=O) groups excluding carboxylic acids is 2. The van der Waals surface area contributed by atoms with E-state index in [1.54, 1.807) is 6.07 Å². The summed E-state index contributed by atoms with van der Waals surface area (Å²) < 4.78 is 0. The second-order valence-electron chi connectivity index (χ2n) is 3.64. The number of halogens is 1. The summed E-state index contributed by atoms with van der Waals surface area (Å²) in [6.07, 6.45) is 0.198. The molecule has 4 nitrogen and oxygen atoms in total. The van der Waals surface area contributed by atoms with Crippen molar-refractivity contribution in [2.45, 2.75) is 19.0 Å². The van der Waals surface area contributed by atoms with Crippen molar-refractivity contribution in [3.05, 3.63) is 34.9 Å². The quantitative estimate of drug-likeness (QED) is 0.768. The lowest BCUT2D eigenvalue weighted by atomic mass is 10.2. The van der Waals surface area contributed by atoms with Crippen molar-refractivity contribution < 1.29 is 9.59 Å². The smallest absolute Gasteiger partial charge is 0.244 e. The van der Waals surface area contributed by atoms with Gasteiger partial charge >= 0.3 is 0 Å². The summed E-state index contributed by atoms with van der Waals surface area (Å²) in [5.41, 5.74) is 0.913. The van der Waals surface area contributed by atoms with E-state index in [2.05, 4.69) is 10.6 Å². The van der Waals surface area contributed by atoms with Gasteiger partial charge in [-0.15, -0.1) is 0 Å². The first kappa shape index (κ1) is 11.1. The van der Waals surface area contributed by atoms with E-state index in [1.807, 2.05) is 18.2 Å². The highest BCUT2D eigenvalue weighted by atomic mass is 35.5. The monoisotopic (exact) mass is 238 g/mol. The Labute approximate surface area is 98.0 Å². The van der Waals surface area contributed by atoms with Crippen molar-refractivity contribution in [3.8, 4) is 0 Å². The van der Waals surface area contributed by atoms with Gasteiger partial charge in [-0.1, -0.05) is 29.8 Å². The molecule has 16 heavy (non-hydrogen) atoms. The summed E-state index contributed by atoms with van der Waals surface area (Å²) in [5, 5.41) is 5.90. The van der Waals surface area contributed by atoms with E-state index >= 15 is 0 Å². The molecule has 1 aliphatic rings. The Balaban J connectivity index is 1.95. The van der Waals surface area contributed by atoms with Crippen LogP contribution in [0.1, 0.15) is 12.0 Å². The molecule has 1 saturated heterocycles. The average Bonchev–Trinajstić information content (AvgIpc) is 2.56. The highest BCUT2D eigenvalue weighted by Gasteiger charge is 2.29. The van der Waals surface area contributed by atoms with Crippen LogP contribution >= 0.6 is 11.6 Å². The zero-order chi connectivity index (χ0) is 11.5. The molecule has 2 rings (SSSR count). The van der Waals surface area contributed by atoms with Crippen LogP contribution in [-0.4, -0.2) is 17.9 Å². The van der Waals surface area contributed by atoms with Crippen LogP contribution < -0.4 is 10.6 Å². The summed E-state index contributed by atoms with van der Waals surface area (Å²) in [5.74, 6) is -0.501. The molecule has 84 valence electrons. The predicted octanol–water partition coefficient (Wildman–Crippen LogP) is 0.845. The molecule has 5 heteroatoms. The maximum atomic E-state index is 11.3. The molecule has 0 aromatic heterocycles. The van der Waals surface area contributed by atoms with Crippen LogP contribution in [0, 0.1) is 0 Å². The van der Waals surface area contributed by atoms with Gasteiger partial charge < -0.3 is 5.32 Å². The number of rotatable bonds is 3. The van der Waals surface area contributed by atoms with Gasteiger partial charge in [0.05, 0.1) is 12.5 Å². The second-order valence-corrected chi connectivity index (χ2v) is 4.05. The molecule has 1 aromatic carbocycles. The third-order valence-corrected chi connectivity index (χ3v) is 2.83. The Morgan fingerprint density at radius 2 is 2.12 bits per heavy atom.